The van der Waals surface area contributed by atoms with Crippen molar-refractivity contribution in [1.29, 1.82) is 0 Å². The number of rotatable bonds is 1. The van der Waals surface area contributed by atoms with E-state index in [0.29, 0.717) is 10.6 Å². The number of aliphatic hydroxyl groups excluding tert-OH is 1. The Balaban J connectivity index is 3.15. The average Bonchev–Trinajstić information content (AvgIpc) is 2.08. The molecule has 62 valence electrons. The molecule has 0 saturated heterocycles. The van der Waals surface area contributed by atoms with Crippen LogP contribution in [0.4, 0.5) is 0 Å². The van der Waals surface area contributed by atoms with Crippen molar-refractivity contribution in [1.82, 2.24) is 0 Å². The fourth-order valence-electron chi connectivity index (χ4n) is 0.814. The van der Waals surface area contributed by atoms with E-state index in [9.17, 15) is 5.11 Å². The molecule has 1 aromatic rings. The second kappa shape index (κ2) is 3.95. The molecule has 1 aromatic carbocycles. The standard InChI is InChI=1S/C9H6BrClO/c1-2-9(12)7-5-6(10)3-4-8(7)11/h1,3-5,9,12H. The Bertz CT molecular complexity index is 330. The summed E-state index contributed by atoms with van der Waals surface area (Å²) < 4.78 is 0.844. The minimum atomic E-state index is -0.935. The van der Waals surface area contributed by atoms with Crippen LogP contribution in [-0.4, -0.2) is 5.11 Å². The number of halogens is 2. The quantitative estimate of drug-likeness (QED) is 0.754. The topological polar surface area (TPSA) is 20.2 Å². The predicted molar refractivity (Wildman–Crippen MR) is 52.9 cm³/mol. The van der Waals surface area contributed by atoms with Crippen LogP contribution in [0.15, 0.2) is 22.7 Å². The molecule has 3 heteroatoms. The molecule has 0 aromatic heterocycles. The molecule has 1 N–H and O–H groups in total. The maximum Gasteiger partial charge on any atom is 0.141 e. The summed E-state index contributed by atoms with van der Waals surface area (Å²) in [5.74, 6) is 2.20. The van der Waals surface area contributed by atoms with Gasteiger partial charge in [-0.05, 0) is 18.2 Å². The number of terminal acetylenes is 1. The van der Waals surface area contributed by atoms with Gasteiger partial charge in [-0.2, -0.15) is 0 Å². The Labute approximate surface area is 84.5 Å². The zero-order chi connectivity index (χ0) is 9.14. The van der Waals surface area contributed by atoms with Crippen LogP contribution < -0.4 is 0 Å². The third kappa shape index (κ3) is 2.01. The monoisotopic (exact) mass is 244 g/mol. The molecule has 0 amide bonds. The first-order valence-electron chi connectivity index (χ1n) is 3.24. The largest absolute Gasteiger partial charge is 0.376 e. The van der Waals surface area contributed by atoms with Crippen molar-refractivity contribution in [2.24, 2.45) is 0 Å². The number of benzene rings is 1. The lowest BCUT2D eigenvalue weighted by Crippen LogP contribution is -1.93. The van der Waals surface area contributed by atoms with E-state index in [1.165, 1.54) is 0 Å². The van der Waals surface area contributed by atoms with Gasteiger partial charge in [-0.25, -0.2) is 0 Å². The first-order chi connectivity index (χ1) is 5.65. The van der Waals surface area contributed by atoms with Gasteiger partial charge in [0, 0.05) is 15.1 Å². The van der Waals surface area contributed by atoms with E-state index in [-0.39, 0.29) is 0 Å². The second-order valence-corrected chi connectivity index (χ2v) is 3.56. The summed E-state index contributed by atoms with van der Waals surface area (Å²) in [5, 5.41) is 9.77. The fraction of sp³-hybridized carbons (Fsp3) is 0.111. The van der Waals surface area contributed by atoms with E-state index in [0.717, 1.165) is 4.47 Å². The molecule has 1 nitrogen and oxygen atoms in total. The number of aliphatic hydroxyl groups is 1. The number of hydrogen-bond acceptors (Lipinski definition) is 1. The Morgan fingerprint density at radius 3 is 2.83 bits per heavy atom. The van der Waals surface area contributed by atoms with E-state index < -0.39 is 6.10 Å². The smallest absolute Gasteiger partial charge is 0.141 e. The van der Waals surface area contributed by atoms with Gasteiger partial charge < -0.3 is 5.11 Å². The van der Waals surface area contributed by atoms with E-state index in [4.69, 9.17) is 18.0 Å². The highest BCUT2D eigenvalue weighted by atomic mass is 79.9. The average molecular weight is 246 g/mol. The van der Waals surface area contributed by atoms with Crippen LogP contribution in [0.3, 0.4) is 0 Å². The van der Waals surface area contributed by atoms with Crippen molar-refractivity contribution in [3.05, 3.63) is 33.3 Å². The van der Waals surface area contributed by atoms with Crippen LogP contribution in [0.25, 0.3) is 0 Å². The van der Waals surface area contributed by atoms with Gasteiger partial charge in [-0.3, -0.25) is 0 Å². The first kappa shape index (κ1) is 9.60. The summed E-state index contributed by atoms with van der Waals surface area (Å²) in [6.07, 6.45) is 4.11. The lowest BCUT2D eigenvalue weighted by atomic mass is 10.1. The molecule has 0 saturated carbocycles. The van der Waals surface area contributed by atoms with Crippen LogP contribution in [-0.2, 0) is 0 Å². The molecule has 0 aliphatic heterocycles. The molecule has 0 aliphatic rings. The van der Waals surface area contributed by atoms with Crippen molar-refractivity contribution < 1.29 is 5.11 Å². The Morgan fingerprint density at radius 2 is 2.25 bits per heavy atom. The second-order valence-electron chi connectivity index (χ2n) is 2.24. The van der Waals surface area contributed by atoms with Gasteiger partial charge in [0.1, 0.15) is 6.10 Å². The highest BCUT2D eigenvalue weighted by Gasteiger charge is 2.08. The van der Waals surface area contributed by atoms with E-state index in [1.807, 2.05) is 0 Å². The SMILES string of the molecule is C#CC(O)c1cc(Br)ccc1Cl. The molecule has 0 spiro atoms. The van der Waals surface area contributed by atoms with Crippen molar-refractivity contribution >= 4 is 27.5 Å². The summed E-state index contributed by atoms with van der Waals surface area (Å²) in [7, 11) is 0. The molecular formula is C9H6BrClO. The summed E-state index contributed by atoms with van der Waals surface area (Å²) in [6.45, 7) is 0. The van der Waals surface area contributed by atoms with Crippen molar-refractivity contribution in [2.75, 3.05) is 0 Å². The molecule has 0 heterocycles. The Kier molecular flexibility index (Phi) is 3.16. The Hall–Kier alpha value is -0.490. The third-order valence-corrected chi connectivity index (χ3v) is 2.25. The zero-order valence-corrected chi connectivity index (χ0v) is 8.43. The first-order valence-corrected chi connectivity index (χ1v) is 4.41. The molecular weight excluding hydrogens is 239 g/mol. The van der Waals surface area contributed by atoms with Gasteiger partial charge in [0.25, 0.3) is 0 Å². The van der Waals surface area contributed by atoms with Gasteiger partial charge in [-0.1, -0.05) is 33.5 Å². The van der Waals surface area contributed by atoms with Crippen LogP contribution in [0, 0.1) is 12.3 Å². The maximum absolute atomic E-state index is 9.29. The molecule has 0 radical (unpaired) electrons. The Morgan fingerprint density at radius 1 is 1.58 bits per heavy atom. The molecule has 12 heavy (non-hydrogen) atoms. The van der Waals surface area contributed by atoms with Crippen molar-refractivity contribution in [2.45, 2.75) is 6.10 Å². The van der Waals surface area contributed by atoms with Gasteiger partial charge in [0.2, 0.25) is 0 Å². The van der Waals surface area contributed by atoms with Gasteiger partial charge in [-0.15, -0.1) is 6.42 Å². The van der Waals surface area contributed by atoms with E-state index in [1.54, 1.807) is 18.2 Å². The van der Waals surface area contributed by atoms with Crippen LogP contribution >= 0.6 is 27.5 Å². The van der Waals surface area contributed by atoms with Crippen molar-refractivity contribution in [3.8, 4) is 12.3 Å². The van der Waals surface area contributed by atoms with Gasteiger partial charge >= 0.3 is 0 Å². The van der Waals surface area contributed by atoms with E-state index in [2.05, 4.69) is 21.9 Å². The maximum atomic E-state index is 9.29. The van der Waals surface area contributed by atoms with Crippen molar-refractivity contribution in [3.63, 3.8) is 0 Å². The predicted octanol–water partition coefficient (Wildman–Crippen LogP) is 2.77. The highest BCUT2D eigenvalue weighted by molar-refractivity contribution is 9.10. The van der Waals surface area contributed by atoms with Gasteiger partial charge in [0.05, 0.1) is 0 Å². The third-order valence-electron chi connectivity index (χ3n) is 1.41. The molecule has 1 unspecified atom stereocenters. The molecule has 1 rings (SSSR count). The van der Waals surface area contributed by atoms with E-state index >= 15 is 0 Å². The van der Waals surface area contributed by atoms with Crippen LogP contribution in [0.5, 0.6) is 0 Å². The summed E-state index contributed by atoms with van der Waals surface area (Å²) in [4.78, 5) is 0. The minimum absolute atomic E-state index is 0.476. The molecule has 0 bridgehead atoms. The van der Waals surface area contributed by atoms with Crippen LogP contribution in [0.2, 0.25) is 5.02 Å². The minimum Gasteiger partial charge on any atom is -0.376 e. The summed E-state index contributed by atoms with van der Waals surface area (Å²) in [5.41, 5.74) is 0.550. The molecule has 0 fully saturated rings. The normalized spacial score (nSPS) is 12.2. The molecule has 1 atom stereocenters. The summed E-state index contributed by atoms with van der Waals surface area (Å²) in [6, 6.07) is 5.17. The lowest BCUT2D eigenvalue weighted by Gasteiger charge is -2.06. The number of hydrogen-bond donors (Lipinski definition) is 1. The zero-order valence-electron chi connectivity index (χ0n) is 6.09. The lowest BCUT2D eigenvalue weighted by molar-refractivity contribution is 0.238. The summed E-state index contributed by atoms with van der Waals surface area (Å²) >= 11 is 9.05. The van der Waals surface area contributed by atoms with Crippen LogP contribution in [0.1, 0.15) is 11.7 Å². The highest BCUT2D eigenvalue weighted by Crippen LogP contribution is 2.25. The van der Waals surface area contributed by atoms with Gasteiger partial charge in [0.15, 0.2) is 0 Å². The molecule has 0 aliphatic carbocycles. The fourth-order valence-corrected chi connectivity index (χ4v) is 1.41.